The minimum absolute atomic E-state index is 0.0635. The Morgan fingerprint density at radius 1 is 1.47 bits per heavy atom. The van der Waals surface area contributed by atoms with Gasteiger partial charge in [0, 0.05) is 5.56 Å². The van der Waals surface area contributed by atoms with E-state index in [1.807, 2.05) is 0 Å². The van der Waals surface area contributed by atoms with E-state index >= 15 is 0 Å². The van der Waals surface area contributed by atoms with Crippen LogP contribution in [0.1, 0.15) is 16.8 Å². The van der Waals surface area contributed by atoms with Gasteiger partial charge in [-0.1, -0.05) is 12.1 Å². The number of para-hydroxylation sites is 1. The number of hydroxylamine groups is 1. The number of rotatable bonds is 4. The van der Waals surface area contributed by atoms with E-state index < -0.39 is 0 Å². The van der Waals surface area contributed by atoms with Crippen LogP contribution in [-0.2, 0) is 9.63 Å². The Labute approximate surface area is 99.3 Å². The largest absolute Gasteiger partial charge is 0.313 e. The summed E-state index contributed by atoms with van der Waals surface area (Å²) < 4.78 is 0. The minimum atomic E-state index is -0.116. The highest BCUT2D eigenvalue weighted by Crippen LogP contribution is 2.24. The maximum atomic E-state index is 11.9. The Kier molecular flexibility index (Phi) is 3.51. The molecule has 90 valence electrons. The molecule has 1 aromatic carbocycles. The quantitative estimate of drug-likeness (QED) is 0.781. The molecule has 0 unspecified atom stereocenters. The topological polar surface area (TPSA) is 58.6 Å². The lowest BCUT2D eigenvalue weighted by Crippen LogP contribution is -2.26. The lowest BCUT2D eigenvalue weighted by atomic mass is 10.1. The molecule has 0 radical (unpaired) electrons. The van der Waals surface area contributed by atoms with Crippen LogP contribution in [0.4, 0.5) is 5.69 Å². The number of nitrogens with one attached hydrogen (secondary N) is 1. The van der Waals surface area contributed by atoms with E-state index in [-0.39, 0.29) is 18.2 Å². The van der Waals surface area contributed by atoms with Gasteiger partial charge in [0.05, 0.1) is 25.3 Å². The Balaban J connectivity index is 2.33. The van der Waals surface area contributed by atoms with Crippen molar-refractivity contribution in [3.05, 3.63) is 29.8 Å². The highest BCUT2D eigenvalue weighted by molar-refractivity contribution is 6.06. The molecule has 1 N–H and O–H groups in total. The number of carbonyl (C=O) groups excluding carboxylic acids is 2. The summed E-state index contributed by atoms with van der Waals surface area (Å²) in [7, 11) is 1.71. The second kappa shape index (κ2) is 5.07. The maximum Gasteiger partial charge on any atom is 0.253 e. The normalized spacial score (nSPS) is 15.4. The molecule has 1 aromatic rings. The van der Waals surface area contributed by atoms with Crippen molar-refractivity contribution in [3.63, 3.8) is 0 Å². The summed E-state index contributed by atoms with van der Waals surface area (Å²) in [6.45, 7) is 0.604. The van der Waals surface area contributed by atoms with Gasteiger partial charge in [0.15, 0.2) is 5.78 Å². The standard InChI is InChI=1S/C12H14N2O3/c1-13-8-11(15)9-4-2-3-5-10(9)14-12(16)6-7-17-14/h2-5,13H,6-8H2,1H3. The molecule has 1 fully saturated rings. The van der Waals surface area contributed by atoms with Crippen LogP contribution >= 0.6 is 0 Å². The van der Waals surface area contributed by atoms with E-state index in [1.54, 1.807) is 31.3 Å². The van der Waals surface area contributed by atoms with Crippen molar-refractivity contribution in [1.82, 2.24) is 5.32 Å². The van der Waals surface area contributed by atoms with Gasteiger partial charge in [0.25, 0.3) is 5.91 Å². The molecule has 2 rings (SSSR count). The number of benzene rings is 1. The molecule has 1 heterocycles. The molecule has 5 nitrogen and oxygen atoms in total. The minimum Gasteiger partial charge on any atom is -0.313 e. The van der Waals surface area contributed by atoms with Crippen LogP contribution in [0.2, 0.25) is 0 Å². The van der Waals surface area contributed by atoms with Crippen LogP contribution in [-0.4, -0.2) is 31.9 Å². The lowest BCUT2D eigenvalue weighted by Gasteiger charge is -2.17. The van der Waals surface area contributed by atoms with E-state index in [2.05, 4.69) is 5.32 Å². The molecule has 1 aliphatic rings. The van der Waals surface area contributed by atoms with Crippen LogP contribution < -0.4 is 10.4 Å². The summed E-state index contributed by atoms with van der Waals surface area (Å²) in [5.74, 6) is -0.180. The number of ketones is 1. The van der Waals surface area contributed by atoms with E-state index in [0.29, 0.717) is 24.3 Å². The zero-order chi connectivity index (χ0) is 12.3. The van der Waals surface area contributed by atoms with Crippen molar-refractivity contribution >= 4 is 17.4 Å². The SMILES string of the molecule is CNCC(=O)c1ccccc1N1OCCC1=O. The van der Waals surface area contributed by atoms with Gasteiger partial charge in [0.2, 0.25) is 0 Å². The molecule has 1 amide bonds. The zero-order valence-corrected chi connectivity index (χ0v) is 9.60. The monoisotopic (exact) mass is 234 g/mol. The summed E-state index contributed by atoms with van der Waals surface area (Å²) in [5.41, 5.74) is 1.02. The van der Waals surface area contributed by atoms with Gasteiger partial charge in [0.1, 0.15) is 0 Å². The first-order valence-corrected chi connectivity index (χ1v) is 5.46. The summed E-state index contributed by atoms with van der Waals surface area (Å²) in [5, 5.41) is 4.01. The molecule has 0 bridgehead atoms. The van der Waals surface area contributed by atoms with Crippen LogP contribution in [0.15, 0.2) is 24.3 Å². The number of hydrogen-bond acceptors (Lipinski definition) is 4. The van der Waals surface area contributed by atoms with Crippen molar-refractivity contribution in [1.29, 1.82) is 0 Å². The molecule has 0 atom stereocenters. The number of amides is 1. The van der Waals surface area contributed by atoms with Crippen molar-refractivity contribution in [3.8, 4) is 0 Å². The maximum absolute atomic E-state index is 11.9. The van der Waals surface area contributed by atoms with Gasteiger partial charge in [-0.2, -0.15) is 5.06 Å². The highest BCUT2D eigenvalue weighted by Gasteiger charge is 2.26. The average molecular weight is 234 g/mol. The Bertz CT molecular complexity index is 445. The zero-order valence-electron chi connectivity index (χ0n) is 9.60. The summed E-state index contributed by atoms with van der Waals surface area (Å²) in [4.78, 5) is 28.7. The van der Waals surface area contributed by atoms with Crippen molar-refractivity contribution in [2.24, 2.45) is 0 Å². The number of Topliss-reactive ketones (excluding diaryl/α,β-unsaturated/α-hetero) is 1. The first-order valence-electron chi connectivity index (χ1n) is 5.46. The second-order valence-corrected chi connectivity index (χ2v) is 3.74. The Morgan fingerprint density at radius 2 is 2.24 bits per heavy atom. The number of anilines is 1. The van der Waals surface area contributed by atoms with Gasteiger partial charge >= 0.3 is 0 Å². The molecule has 0 spiro atoms. The lowest BCUT2D eigenvalue weighted by molar-refractivity contribution is -0.119. The predicted octanol–water partition coefficient (Wildman–Crippen LogP) is 0.757. The van der Waals surface area contributed by atoms with Crippen molar-refractivity contribution in [2.45, 2.75) is 6.42 Å². The number of nitrogens with zero attached hydrogens (tertiary/aromatic N) is 1. The van der Waals surface area contributed by atoms with Crippen molar-refractivity contribution < 1.29 is 14.4 Å². The van der Waals surface area contributed by atoms with E-state index in [9.17, 15) is 9.59 Å². The molecular formula is C12H14N2O3. The third-order valence-electron chi connectivity index (χ3n) is 2.52. The fourth-order valence-corrected chi connectivity index (χ4v) is 1.74. The van der Waals surface area contributed by atoms with Gasteiger partial charge in [-0.25, -0.2) is 0 Å². The number of likely N-dealkylation sites (N-methyl/N-ethyl adjacent to an activating group) is 1. The smallest absolute Gasteiger partial charge is 0.253 e. The molecule has 5 heteroatoms. The number of carbonyl (C=O) groups is 2. The van der Waals surface area contributed by atoms with Gasteiger partial charge in [-0.3, -0.25) is 14.4 Å². The van der Waals surface area contributed by atoms with Gasteiger partial charge in [-0.15, -0.1) is 0 Å². The average Bonchev–Trinajstić information content (AvgIpc) is 2.76. The summed E-state index contributed by atoms with van der Waals surface area (Å²) in [6, 6.07) is 6.96. The Hall–Kier alpha value is -1.72. The number of hydrogen-bond donors (Lipinski definition) is 1. The molecule has 1 saturated heterocycles. The second-order valence-electron chi connectivity index (χ2n) is 3.74. The molecule has 0 saturated carbocycles. The molecular weight excluding hydrogens is 220 g/mol. The molecule has 1 aliphatic heterocycles. The summed E-state index contributed by atoms with van der Waals surface area (Å²) in [6.07, 6.45) is 0.356. The fraction of sp³-hybridized carbons (Fsp3) is 0.333. The van der Waals surface area contributed by atoms with E-state index in [1.165, 1.54) is 5.06 Å². The van der Waals surface area contributed by atoms with Gasteiger partial charge < -0.3 is 5.32 Å². The van der Waals surface area contributed by atoms with Gasteiger partial charge in [-0.05, 0) is 19.2 Å². The Morgan fingerprint density at radius 3 is 2.88 bits per heavy atom. The predicted molar refractivity (Wildman–Crippen MR) is 62.8 cm³/mol. The van der Waals surface area contributed by atoms with E-state index in [4.69, 9.17) is 4.84 Å². The first kappa shape index (κ1) is 11.8. The van der Waals surface area contributed by atoms with Crippen molar-refractivity contribution in [2.75, 3.05) is 25.3 Å². The third kappa shape index (κ3) is 2.35. The third-order valence-corrected chi connectivity index (χ3v) is 2.52. The van der Waals surface area contributed by atoms with Crippen LogP contribution in [0, 0.1) is 0 Å². The van der Waals surface area contributed by atoms with Crippen LogP contribution in [0.5, 0.6) is 0 Å². The molecule has 0 aromatic heterocycles. The molecule has 0 aliphatic carbocycles. The van der Waals surface area contributed by atoms with Crippen LogP contribution in [0.3, 0.4) is 0 Å². The van der Waals surface area contributed by atoms with E-state index in [0.717, 1.165) is 0 Å². The van der Waals surface area contributed by atoms with Crippen LogP contribution in [0.25, 0.3) is 0 Å². The first-order chi connectivity index (χ1) is 8.24. The highest BCUT2D eigenvalue weighted by atomic mass is 16.7. The summed E-state index contributed by atoms with van der Waals surface area (Å²) >= 11 is 0. The molecule has 17 heavy (non-hydrogen) atoms. The fourth-order valence-electron chi connectivity index (χ4n) is 1.74.